The number of halogens is 3. The highest BCUT2D eigenvalue weighted by Gasteiger charge is 2.37. The smallest absolute Gasteiger partial charge is 0.449 e. The van der Waals surface area contributed by atoms with Crippen LogP contribution in [0.1, 0.15) is 11.4 Å². The van der Waals surface area contributed by atoms with E-state index in [0.29, 0.717) is 11.3 Å². The van der Waals surface area contributed by atoms with E-state index in [0.717, 1.165) is 10.1 Å². The van der Waals surface area contributed by atoms with Crippen molar-refractivity contribution in [3.05, 3.63) is 59.9 Å². The highest BCUT2D eigenvalue weighted by molar-refractivity contribution is 5.76. The van der Waals surface area contributed by atoms with Crippen LogP contribution in [0.2, 0.25) is 0 Å². The van der Waals surface area contributed by atoms with Gasteiger partial charge in [0.05, 0.1) is 17.6 Å². The summed E-state index contributed by atoms with van der Waals surface area (Å²) >= 11 is 0. The summed E-state index contributed by atoms with van der Waals surface area (Å²) in [6, 6.07) is 13.5. The van der Waals surface area contributed by atoms with Crippen LogP contribution < -0.4 is 4.74 Å². The number of rotatable bonds is 5. The predicted molar refractivity (Wildman–Crippen MR) is 87.4 cm³/mol. The van der Waals surface area contributed by atoms with Gasteiger partial charge in [-0.15, -0.1) is 0 Å². The molecule has 1 aromatic heterocycles. The van der Waals surface area contributed by atoms with E-state index in [-0.39, 0.29) is 18.7 Å². The second kappa shape index (κ2) is 6.76. The Morgan fingerprint density at radius 3 is 2.64 bits per heavy atom. The fourth-order valence-electron chi connectivity index (χ4n) is 2.64. The molecule has 0 saturated carbocycles. The molecule has 0 aliphatic rings. The number of aromatic nitrogens is 2. The minimum atomic E-state index is -4.60. The van der Waals surface area contributed by atoms with Gasteiger partial charge in [-0.1, -0.05) is 24.3 Å². The van der Waals surface area contributed by atoms with Gasteiger partial charge in [-0.25, -0.2) is 4.98 Å². The standard InChI is InChI=1S/C18H17F3N2O2/c1-12-5-4-6-14(9-12)25-11-13(24)10-23-16-8-3-2-7-15(16)22-17(23)18(19,20)21/h2-9,13,24H,10-11H2,1H3/t13-/m1/s1. The second-order valence-corrected chi connectivity index (χ2v) is 5.81. The largest absolute Gasteiger partial charge is 0.491 e. The SMILES string of the molecule is Cc1cccc(OC[C@H](O)Cn2c(C(F)(F)F)nc3ccccc32)c1. The maximum Gasteiger partial charge on any atom is 0.449 e. The molecule has 7 heteroatoms. The van der Waals surface area contributed by atoms with Crippen LogP contribution in [0.25, 0.3) is 11.0 Å². The van der Waals surface area contributed by atoms with Crippen LogP contribution in [-0.2, 0) is 12.7 Å². The predicted octanol–water partition coefficient (Wildman–Crippen LogP) is 3.80. The topological polar surface area (TPSA) is 47.3 Å². The molecule has 0 fully saturated rings. The second-order valence-electron chi connectivity index (χ2n) is 5.81. The van der Waals surface area contributed by atoms with Gasteiger partial charge in [0, 0.05) is 0 Å². The Bertz CT molecular complexity index is 874. The van der Waals surface area contributed by atoms with Crippen LogP contribution in [0.5, 0.6) is 5.75 Å². The lowest BCUT2D eigenvalue weighted by Gasteiger charge is -2.16. The Balaban J connectivity index is 1.79. The van der Waals surface area contributed by atoms with Gasteiger partial charge in [-0.2, -0.15) is 13.2 Å². The summed E-state index contributed by atoms with van der Waals surface area (Å²) in [5, 5.41) is 10.2. The number of ether oxygens (including phenoxy) is 1. The number of nitrogens with zero attached hydrogens (tertiary/aromatic N) is 2. The minimum Gasteiger partial charge on any atom is -0.491 e. The molecular formula is C18H17F3N2O2. The monoisotopic (exact) mass is 350 g/mol. The number of fused-ring (bicyclic) bond motifs is 1. The third-order valence-corrected chi connectivity index (χ3v) is 3.73. The third-order valence-electron chi connectivity index (χ3n) is 3.73. The molecule has 25 heavy (non-hydrogen) atoms. The molecule has 132 valence electrons. The Morgan fingerprint density at radius 1 is 1.16 bits per heavy atom. The summed E-state index contributed by atoms with van der Waals surface area (Å²) in [6.45, 7) is 1.52. The molecule has 0 saturated heterocycles. The molecule has 0 aliphatic carbocycles. The molecule has 4 nitrogen and oxygen atoms in total. The van der Waals surface area contributed by atoms with Crippen LogP contribution in [0.15, 0.2) is 48.5 Å². The molecule has 0 radical (unpaired) electrons. The molecule has 0 spiro atoms. The Kier molecular flexibility index (Phi) is 4.67. The quantitative estimate of drug-likeness (QED) is 0.761. The van der Waals surface area contributed by atoms with Crippen LogP contribution >= 0.6 is 0 Å². The van der Waals surface area contributed by atoms with Crippen molar-refractivity contribution in [2.75, 3.05) is 6.61 Å². The van der Waals surface area contributed by atoms with Crippen LogP contribution in [0, 0.1) is 6.92 Å². The van der Waals surface area contributed by atoms with E-state index in [4.69, 9.17) is 4.74 Å². The highest BCUT2D eigenvalue weighted by Crippen LogP contribution is 2.31. The lowest BCUT2D eigenvalue weighted by molar-refractivity contribution is -0.147. The van der Waals surface area contributed by atoms with Crippen molar-refractivity contribution in [3.63, 3.8) is 0 Å². The number of alkyl halides is 3. The number of hydrogen-bond donors (Lipinski definition) is 1. The van der Waals surface area contributed by atoms with Crippen molar-refractivity contribution in [3.8, 4) is 5.75 Å². The first-order valence-corrected chi connectivity index (χ1v) is 7.74. The molecular weight excluding hydrogens is 333 g/mol. The van der Waals surface area contributed by atoms with E-state index < -0.39 is 18.1 Å². The summed E-state index contributed by atoms with van der Waals surface area (Å²) in [4.78, 5) is 3.65. The molecule has 0 aliphatic heterocycles. The summed E-state index contributed by atoms with van der Waals surface area (Å²) in [6.07, 6.45) is -5.71. The minimum absolute atomic E-state index is 0.118. The van der Waals surface area contributed by atoms with Gasteiger partial charge in [0.25, 0.3) is 0 Å². The van der Waals surface area contributed by atoms with Gasteiger partial charge in [0.1, 0.15) is 18.5 Å². The van der Waals surface area contributed by atoms with E-state index in [1.165, 1.54) is 6.07 Å². The molecule has 3 rings (SSSR count). The van der Waals surface area contributed by atoms with Gasteiger partial charge in [0.2, 0.25) is 5.82 Å². The van der Waals surface area contributed by atoms with Gasteiger partial charge in [-0.05, 0) is 36.8 Å². The fraction of sp³-hybridized carbons (Fsp3) is 0.278. The lowest BCUT2D eigenvalue weighted by atomic mass is 10.2. The highest BCUT2D eigenvalue weighted by atomic mass is 19.4. The van der Waals surface area contributed by atoms with Crippen molar-refractivity contribution >= 4 is 11.0 Å². The van der Waals surface area contributed by atoms with Crippen LogP contribution in [0.3, 0.4) is 0 Å². The van der Waals surface area contributed by atoms with E-state index in [9.17, 15) is 18.3 Å². The van der Waals surface area contributed by atoms with Gasteiger partial charge in [-0.3, -0.25) is 0 Å². The average molecular weight is 350 g/mol. The van der Waals surface area contributed by atoms with E-state index in [1.54, 1.807) is 30.3 Å². The van der Waals surface area contributed by atoms with Crippen molar-refractivity contribution in [2.45, 2.75) is 25.7 Å². The summed E-state index contributed by atoms with van der Waals surface area (Å²) in [5.41, 5.74) is 1.55. The normalized spacial score (nSPS) is 13.2. The molecule has 0 bridgehead atoms. The molecule has 1 N–H and O–H groups in total. The van der Waals surface area contributed by atoms with Gasteiger partial charge in [0.15, 0.2) is 0 Å². The van der Waals surface area contributed by atoms with Crippen molar-refractivity contribution < 1.29 is 23.0 Å². The molecule has 0 amide bonds. The van der Waals surface area contributed by atoms with Crippen LogP contribution in [0.4, 0.5) is 13.2 Å². The van der Waals surface area contributed by atoms with Gasteiger partial charge < -0.3 is 14.4 Å². The number of para-hydroxylation sites is 2. The molecule has 1 atom stereocenters. The summed E-state index contributed by atoms with van der Waals surface area (Å²) in [7, 11) is 0. The van der Waals surface area contributed by atoms with Crippen LogP contribution in [-0.4, -0.2) is 27.4 Å². The first-order chi connectivity index (χ1) is 11.8. The summed E-state index contributed by atoms with van der Waals surface area (Å²) < 4.78 is 46.2. The van der Waals surface area contributed by atoms with Gasteiger partial charge >= 0.3 is 6.18 Å². The van der Waals surface area contributed by atoms with E-state index in [1.807, 2.05) is 19.1 Å². The van der Waals surface area contributed by atoms with Crippen molar-refractivity contribution in [1.29, 1.82) is 0 Å². The fourth-order valence-corrected chi connectivity index (χ4v) is 2.64. The Hall–Kier alpha value is -2.54. The van der Waals surface area contributed by atoms with E-state index in [2.05, 4.69) is 4.98 Å². The Morgan fingerprint density at radius 2 is 1.92 bits per heavy atom. The molecule has 0 unspecified atom stereocenters. The van der Waals surface area contributed by atoms with Crippen molar-refractivity contribution in [2.24, 2.45) is 0 Å². The van der Waals surface area contributed by atoms with Crippen molar-refractivity contribution in [1.82, 2.24) is 9.55 Å². The number of aliphatic hydroxyl groups is 1. The number of aliphatic hydroxyl groups excluding tert-OH is 1. The maximum absolute atomic E-state index is 13.2. The third kappa shape index (κ3) is 3.93. The molecule has 2 aromatic carbocycles. The maximum atomic E-state index is 13.2. The molecule has 1 heterocycles. The zero-order valence-electron chi connectivity index (χ0n) is 13.5. The summed E-state index contributed by atoms with van der Waals surface area (Å²) in [5.74, 6) is -0.464. The number of benzene rings is 2. The molecule has 3 aromatic rings. The first kappa shape index (κ1) is 17.3. The number of aryl methyl sites for hydroxylation is 1. The lowest BCUT2D eigenvalue weighted by Crippen LogP contribution is -2.26. The first-order valence-electron chi connectivity index (χ1n) is 7.74. The average Bonchev–Trinajstić information content (AvgIpc) is 2.92. The number of imidazole rings is 1. The number of hydrogen-bond acceptors (Lipinski definition) is 3. The van der Waals surface area contributed by atoms with E-state index >= 15 is 0 Å². The Labute approximate surface area is 142 Å². The zero-order chi connectivity index (χ0) is 18.0. The zero-order valence-corrected chi connectivity index (χ0v) is 13.5.